The fourth-order valence-electron chi connectivity index (χ4n) is 4.38. The van der Waals surface area contributed by atoms with Crippen LogP contribution in [-0.4, -0.2) is 52.7 Å². The van der Waals surface area contributed by atoms with Gasteiger partial charge in [-0.1, -0.05) is 6.07 Å². The van der Waals surface area contributed by atoms with E-state index in [4.69, 9.17) is 4.74 Å². The summed E-state index contributed by atoms with van der Waals surface area (Å²) in [5, 5.41) is 3.04. The van der Waals surface area contributed by atoms with Gasteiger partial charge in [0.1, 0.15) is 5.82 Å². The number of nitrogens with one attached hydrogen (secondary N) is 1. The number of amides is 1. The maximum Gasteiger partial charge on any atom is 0.220 e. The molecule has 0 spiro atoms. The number of carbonyl (C=O) groups is 1. The van der Waals surface area contributed by atoms with Gasteiger partial charge in [-0.05, 0) is 75.4 Å². The summed E-state index contributed by atoms with van der Waals surface area (Å²) < 4.78 is 7.73. The normalized spacial score (nSPS) is 20.8. The number of hydrogen-bond donors (Lipinski definition) is 1. The molecule has 156 valence electrons. The number of ether oxygens (including phenoxy) is 1. The standard InChI is InChI=1S/C23H32N4O2/c28-23(25-17-21-6-4-16-29-21)9-8-19-10-14-26(15-11-19)18-20-5-3-13-27(20)22-7-1-2-12-24-22/h1-3,5,7,12-13,19,21H,4,6,8-11,14-18H2,(H,25,28)/t21-/m0/s1. The van der Waals surface area contributed by atoms with Crippen LogP contribution in [-0.2, 0) is 16.1 Å². The molecule has 1 atom stereocenters. The van der Waals surface area contributed by atoms with Crippen molar-refractivity contribution in [3.8, 4) is 5.82 Å². The number of hydrogen-bond acceptors (Lipinski definition) is 4. The molecule has 0 radical (unpaired) electrons. The lowest BCUT2D eigenvalue weighted by atomic mass is 9.92. The van der Waals surface area contributed by atoms with Gasteiger partial charge in [-0.25, -0.2) is 4.98 Å². The number of pyridine rings is 1. The molecule has 0 unspecified atom stereocenters. The Morgan fingerprint density at radius 2 is 2.07 bits per heavy atom. The van der Waals surface area contributed by atoms with Crippen LogP contribution in [0.15, 0.2) is 42.7 Å². The molecule has 2 aliphatic rings. The van der Waals surface area contributed by atoms with E-state index in [0.29, 0.717) is 18.9 Å². The van der Waals surface area contributed by atoms with Gasteiger partial charge in [-0.3, -0.25) is 9.69 Å². The summed E-state index contributed by atoms with van der Waals surface area (Å²) in [6.07, 6.45) is 10.3. The second-order valence-corrected chi connectivity index (χ2v) is 8.25. The van der Waals surface area contributed by atoms with Gasteiger partial charge < -0.3 is 14.6 Å². The van der Waals surface area contributed by atoms with Crippen molar-refractivity contribution in [3.05, 3.63) is 48.4 Å². The second-order valence-electron chi connectivity index (χ2n) is 8.25. The van der Waals surface area contributed by atoms with Crippen molar-refractivity contribution in [2.24, 2.45) is 5.92 Å². The van der Waals surface area contributed by atoms with Gasteiger partial charge in [0.2, 0.25) is 5.91 Å². The molecule has 2 saturated heterocycles. The Morgan fingerprint density at radius 1 is 1.17 bits per heavy atom. The Labute approximate surface area is 173 Å². The van der Waals surface area contributed by atoms with Crippen molar-refractivity contribution in [2.75, 3.05) is 26.2 Å². The van der Waals surface area contributed by atoms with Gasteiger partial charge in [0, 0.05) is 44.2 Å². The molecule has 2 aromatic rings. The van der Waals surface area contributed by atoms with Crippen molar-refractivity contribution in [2.45, 2.75) is 51.2 Å². The van der Waals surface area contributed by atoms with E-state index in [1.807, 2.05) is 24.4 Å². The topological polar surface area (TPSA) is 59.4 Å². The first-order valence-electron chi connectivity index (χ1n) is 11.0. The van der Waals surface area contributed by atoms with Gasteiger partial charge in [-0.15, -0.1) is 0 Å². The van der Waals surface area contributed by atoms with E-state index in [2.05, 4.69) is 38.1 Å². The second kappa shape index (κ2) is 10.0. The lowest BCUT2D eigenvalue weighted by Crippen LogP contribution is -2.35. The smallest absolute Gasteiger partial charge is 0.220 e. The first kappa shape index (κ1) is 20.1. The summed E-state index contributed by atoms with van der Waals surface area (Å²) in [5.74, 6) is 1.80. The minimum atomic E-state index is 0.177. The molecule has 4 rings (SSSR count). The number of rotatable bonds is 8. The molecular formula is C23H32N4O2. The van der Waals surface area contributed by atoms with Gasteiger partial charge in [0.05, 0.1) is 6.10 Å². The third-order valence-corrected chi connectivity index (χ3v) is 6.15. The van der Waals surface area contributed by atoms with Crippen LogP contribution in [0.3, 0.4) is 0 Å². The van der Waals surface area contributed by atoms with Crippen molar-refractivity contribution in [3.63, 3.8) is 0 Å². The van der Waals surface area contributed by atoms with Crippen molar-refractivity contribution >= 4 is 5.91 Å². The predicted octanol–water partition coefficient (Wildman–Crippen LogP) is 3.16. The summed E-state index contributed by atoms with van der Waals surface area (Å²) in [5.41, 5.74) is 1.27. The van der Waals surface area contributed by atoms with Crippen LogP contribution >= 0.6 is 0 Å². The Morgan fingerprint density at radius 3 is 2.83 bits per heavy atom. The third-order valence-electron chi connectivity index (χ3n) is 6.15. The highest BCUT2D eigenvalue weighted by Gasteiger charge is 2.21. The zero-order valence-corrected chi connectivity index (χ0v) is 17.1. The fraction of sp³-hybridized carbons (Fsp3) is 0.565. The van der Waals surface area contributed by atoms with Crippen molar-refractivity contribution < 1.29 is 9.53 Å². The maximum absolute atomic E-state index is 12.1. The quantitative estimate of drug-likeness (QED) is 0.745. The van der Waals surface area contributed by atoms with Crippen LogP contribution in [0.25, 0.3) is 5.82 Å². The van der Waals surface area contributed by atoms with Gasteiger partial charge in [0.15, 0.2) is 0 Å². The van der Waals surface area contributed by atoms with Crippen LogP contribution < -0.4 is 5.32 Å². The minimum absolute atomic E-state index is 0.177. The molecule has 0 aliphatic carbocycles. The maximum atomic E-state index is 12.1. The number of nitrogens with zero attached hydrogens (tertiary/aromatic N) is 3. The number of piperidine rings is 1. The predicted molar refractivity (Wildman–Crippen MR) is 113 cm³/mol. The average molecular weight is 397 g/mol. The van der Waals surface area contributed by atoms with E-state index in [-0.39, 0.29) is 12.0 Å². The molecule has 0 aromatic carbocycles. The van der Waals surface area contributed by atoms with Crippen molar-refractivity contribution in [1.29, 1.82) is 0 Å². The van der Waals surface area contributed by atoms with Crippen LogP contribution in [0.2, 0.25) is 0 Å². The largest absolute Gasteiger partial charge is 0.376 e. The molecule has 2 fully saturated rings. The number of likely N-dealkylation sites (tertiary alicyclic amines) is 1. The Bertz CT molecular complexity index is 762. The molecule has 1 amide bonds. The molecule has 2 aliphatic heterocycles. The molecule has 6 nitrogen and oxygen atoms in total. The van der Waals surface area contributed by atoms with E-state index in [0.717, 1.165) is 51.3 Å². The van der Waals surface area contributed by atoms with Crippen LogP contribution in [0, 0.1) is 5.92 Å². The molecule has 29 heavy (non-hydrogen) atoms. The Hall–Kier alpha value is -2.18. The highest BCUT2D eigenvalue weighted by Crippen LogP contribution is 2.23. The summed E-state index contributed by atoms with van der Waals surface area (Å²) in [7, 11) is 0. The van der Waals surface area contributed by atoms with E-state index in [1.165, 1.54) is 18.5 Å². The number of carbonyl (C=O) groups excluding carboxylic acids is 1. The highest BCUT2D eigenvalue weighted by molar-refractivity contribution is 5.75. The van der Waals surface area contributed by atoms with Gasteiger partial charge in [-0.2, -0.15) is 0 Å². The molecule has 6 heteroatoms. The minimum Gasteiger partial charge on any atom is -0.376 e. The molecule has 4 heterocycles. The van der Waals surface area contributed by atoms with Crippen LogP contribution in [0.5, 0.6) is 0 Å². The van der Waals surface area contributed by atoms with E-state index >= 15 is 0 Å². The zero-order valence-electron chi connectivity index (χ0n) is 17.1. The average Bonchev–Trinajstić information content (AvgIpc) is 3.44. The zero-order chi connectivity index (χ0) is 19.9. The van der Waals surface area contributed by atoms with Gasteiger partial charge in [0.25, 0.3) is 0 Å². The van der Waals surface area contributed by atoms with Crippen molar-refractivity contribution in [1.82, 2.24) is 19.8 Å². The van der Waals surface area contributed by atoms with Crippen LogP contribution in [0.4, 0.5) is 0 Å². The molecule has 0 saturated carbocycles. The summed E-state index contributed by atoms with van der Waals surface area (Å²) in [6, 6.07) is 10.3. The third kappa shape index (κ3) is 5.67. The Kier molecular flexibility index (Phi) is 6.96. The summed E-state index contributed by atoms with van der Waals surface area (Å²) in [6.45, 7) is 4.64. The summed E-state index contributed by atoms with van der Waals surface area (Å²) in [4.78, 5) is 19.1. The molecule has 0 bridgehead atoms. The lowest BCUT2D eigenvalue weighted by molar-refractivity contribution is -0.122. The molecular weight excluding hydrogens is 364 g/mol. The first-order valence-corrected chi connectivity index (χ1v) is 11.0. The molecule has 2 aromatic heterocycles. The molecule has 1 N–H and O–H groups in total. The SMILES string of the molecule is O=C(CCC1CCN(Cc2cccn2-c2ccccn2)CC1)NC[C@@H]1CCCO1. The van der Waals surface area contributed by atoms with E-state index in [9.17, 15) is 4.79 Å². The van der Waals surface area contributed by atoms with Gasteiger partial charge >= 0.3 is 0 Å². The monoisotopic (exact) mass is 396 g/mol. The highest BCUT2D eigenvalue weighted by atomic mass is 16.5. The van der Waals surface area contributed by atoms with Crippen LogP contribution in [0.1, 0.15) is 44.2 Å². The number of aromatic nitrogens is 2. The fourth-order valence-corrected chi connectivity index (χ4v) is 4.38. The first-order chi connectivity index (χ1) is 14.3. The van der Waals surface area contributed by atoms with E-state index in [1.54, 1.807) is 0 Å². The van der Waals surface area contributed by atoms with E-state index < -0.39 is 0 Å². The Balaban J connectivity index is 1.17. The lowest BCUT2D eigenvalue weighted by Gasteiger charge is -2.32. The summed E-state index contributed by atoms with van der Waals surface area (Å²) >= 11 is 0.